The lowest BCUT2D eigenvalue weighted by Gasteiger charge is -2.19. The predicted octanol–water partition coefficient (Wildman–Crippen LogP) is 7.07. The minimum atomic E-state index is -0.311. The number of hydrogen-bond donors (Lipinski definition) is 0. The van der Waals surface area contributed by atoms with Crippen LogP contribution in [0.15, 0.2) is 60.7 Å². The molecule has 0 fully saturated rings. The Balaban J connectivity index is 1.66. The van der Waals surface area contributed by atoms with Crippen molar-refractivity contribution in [1.29, 1.82) is 0 Å². The molecule has 0 nitrogen and oxygen atoms in total. The molecule has 0 atom stereocenters. The first-order chi connectivity index (χ1) is 13.1. The van der Waals surface area contributed by atoms with Crippen LogP contribution in [0.5, 0.6) is 0 Å². The number of benzene rings is 3. The number of rotatable bonds is 4. The third kappa shape index (κ3) is 3.71. The molecule has 0 heterocycles. The highest BCUT2D eigenvalue weighted by Crippen LogP contribution is 2.34. The van der Waals surface area contributed by atoms with Gasteiger partial charge in [-0.15, -0.1) is 0 Å². The van der Waals surface area contributed by atoms with Crippen LogP contribution < -0.4 is 0 Å². The van der Waals surface area contributed by atoms with Crippen molar-refractivity contribution in [3.8, 4) is 11.1 Å². The Morgan fingerprint density at radius 1 is 0.815 bits per heavy atom. The lowest BCUT2D eigenvalue weighted by Crippen LogP contribution is -2.01. The van der Waals surface area contributed by atoms with Gasteiger partial charge in [-0.3, -0.25) is 0 Å². The van der Waals surface area contributed by atoms with Gasteiger partial charge in [0.15, 0.2) is 0 Å². The van der Waals surface area contributed by atoms with Crippen LogP contribution in [-0.4, -0.2) is 0 Å². The summed E-state index contributed by atoms with van der Waals surface area (Å²) in [7, 11) is 0. The first-order valence-electron chi connectivity index (χ1n) is 9.52. The molecule has 0 radical (unpaired) electrons. The standard InChI is InChI=1S/C25H22F2/c1-2-3-17-4-6-18(7-5-17)20-8-9-21-15-24(25(27)16-22(21)14-20)19-10-12-23(26)13-11-19/h4-7,10-16H,2-3,8-9H2,1H3. The molecular weight excluding hydrogens is 338 g/mol. The molecule has 0 saturated heterocycles. The number of halogens is 2. The zero-order valence-corrected chi connectivity index (χ0v) is 15.4. The lowest BCUT2D eigenvalue weighted by atomic mass is 9.86. The molecule has 0 saturated carbocycles. The minimum Gasteiger partial charge on any atom is -0.207 e. The fraction of sp³-hybridized carbons (Fsp3) is 0.200. The van der Waals surface area contributed by atoms with Crippen LogP contribution in [0.25, 0.3) is 22.8 Å². The van der Waals surface area contributed by atoms with E-state index in [1.54, 1.807) is 18.2 Å². The molecule has 1 aliphatic rings. The first kappa shape index (κ1) is 17.7. The van der Waals surface area contributed by atoms with Gasteiger partial charge in [0.25, 0.3) is 0 Å². The predicted molar refractivity (Wildman–Crippen MR) is 108 cm³/mol. The maximum atomic E-state index is 14.7. The summed E-state index contributed by atoms with van der Waals surface area (Å²) in [5.74, 6) is -0.578. The fourth-order valence-electron chi connectivity index (χ4n) is 3.77. The third-order valence-electron chi connectivity index (χ3n) is 5.24. The molecule has 0 N–H and O–H groups in total. The number of allylic oxidation sites excluding steroid dienone is 1. The maximum absolute atomic E-state index is 14.7. The largest absolute Gasteiger partial charge is 0.207 e. The summed E-state index contributed by atoms with van der Waals surface area (Å²) in [4.78, 5) is 0. The van der Waals surface area contributed by atoms with Gasteiger partial charge in [-0.2, -0.15) is 0 Å². The van der Waals surface area contributed by atoms with E-state index in [2.05, 4.69) is 37.3 Å². The van der Waals surface area contributed by atoms with Crippen molar-refractivity contribution >= 4 is 11.6 Å². The summed E-state index contributed by atoms with van der Waals surface area (Å²) in [6.45, 7) is 2.18. The second-order valence-corrected chi connectivity index (χ2v) is 7.15. The molecule has 0 amide bonds. The van der Waals surface area contributed by atoms with Crippen LogP contribution in [0.2, 0.25) is 0 Å². The Morgan fingerprint density at radius 2 is 1.52 bits per heavy atom. The molecule has 3 aromatic carbocycles. The summed E-state index contributed by atoms with van der Waals surface area (Å²) >= 11 is 0. The highest BCUT2D eigenvalue weighted by atomic mass is 19.1. The molecule has 0 spiro atoms. The van der Waals surface area contributed by atoms with E-state index >= 15 is 0 Å². The Morgan fingerprint density at radius 3 is 2.22 bits per heavy atom. The molecule has 1 aliphatic carbocycles. The third-order valence-corrected chi connectivity index (χ3v) is 5.24. The molecule has 136 valence electrons. The van der Waals surface area contributed by atoms with E-state index < -0.39 is 0 Å². The van der Waals surface area contributed by atoms with E-state index in [0.29, 0.717) is 11.1 Å². The van der Waals surface area contributed by atoms with Crippen LogP contribution in [0.3, 0.4) is 0 Å². The monoisotopic (exact) mass is 360 g/mol. The number of fused-ring (bicyclic) bond motifs is 1. The number of aryl methyl sites for hydroxylation is 2. The quantitative estimate of drug-likeness (QED) is 0.467. The molecule has 0 aliphatic heterocycles. The molecule has 0 aromatic heterocycles. The Bertz CT molecular complexity index is 980. The SMILES string of the molecule is CCCc1ccc(C2=Cc3cc(F)c(-c4ccc(F)cc4)cc3CC2)cc1. The maximum Gasteiger partial charge on any atom is 0.131 e. The van der Waals surface area contributed by atoms with Crippen LogP contribution in [0, 0.1) is 11.6 Å². The summed E-state index contributed by atoms with van der Waals surface area (Å²) in [5.41, 5.74) is 7.14. The zero-order valence-electron chi connectivity index (χ0n) is 15.4. The molecular formula is C25H22F2. The summed E-state index contributed by atoms with van der Waals surface area (Å²) in [5, 5.41) is 0. The van der Waals surface area contributed by atoms with Gasteiger partial charge in [0.05, 0.1) is 0 Å². The highest BCUT2D eigenvalue weighted by Gasteiger charge is 2.16. The average Bonchev–Trinajstić information content (AvgIpc) is 2.69. The van der Waals surface area contributed by atoms with E-state index in [1.165, 1.54) is 28.8 Å². The van der Waals surface area contributed by atoms with Gasteiger partial charge in [-0.25, -0.2) is 8.78 Å². The minimum absolute atomic E-state index is 0.267. The average molecular weight is 360 g/mol. The topological polar surface area (TPSA) is 0 Å². The van der Waals surface area contributed by atoms with Gasteiger partial charge in [0.1, 0.15) is 11.6 Å². The Labute approximate surface area is 159 Å². The van der Waals surface area contributed by atoms with E-state index in [9.17, 15) is 8.78 Å². The van der Waals surface area contributed by atoms with Crippen molar-refractivity contribution in [3.05, 3.63) is 94.6 Å². The molecule has 0 unspecified atom stereocenters. The Hall–Kier alpha value is -2.74. The molecule has 3 aromatic rings. The van der Waals surface area contributed by atoms with Gasteiger partial charge in [0.2, 0.25) is 0 Å². The number of hydrogen-bond acceptors (Lipinski definition) is 0. The van der Waals surface area contributed by atoms with Gasteiger partial charge >= 0.3 is 0 Å². The van der Waals surface area contributed by atoms with E-state index in [-0.39, 0.29) is 11.6 Å². The lowest BCUT2D eigenvalue weighted by molar-refractivity contribution is 0.625. The van der Waals surface area contributed by atoms with Crippen LogP contribution in [0.1, 0.15) is 42.0 Å². The molecule has 4 rings (SSSR count). The second kappa shape index (κ2) is 7.48. The fourth-order valence-corrected chi connectivity index (χ4v) is 3.77. The van der Waals surface area contributed by atoms with E-state index in [4.69, 9.17) is 0 Å². The normalized spacial score (nSPS) is 13.2. The highest BCUT2D eigenvalue weighted by molar-refractivity contribution is 5.85. The molecule has 2 heteroatoms. The summed E-state index contributed by atoms with van der Waals surface area (Å²) in [6.07, 6.45) is 6.16. The first-order valence-corrected chi connectivity index (χ1v) is 9.52. The summed E-state index contributed by atoms with van der Waals surface area (Å²) in [6, 6.07) is 18.2. The van der Waals surface area contributed by atoms with Gasteiger partial charge in [-0.05, 0) is 76.9 Å². The second-order valence-electron chi connectivity index (χ2n) is 7.15. The smallest absolute Gasteiger partial charge is 0.131 e. The van der Waals surface area contributed by atoms with Crippen molar-refractivity contribution in [2.45, 2.75) is 32.6 Å². The van der Waals surface area contributed by atoms with Crippen molar-refractivity contribution in [1.82, 2.24) is 0 Å². The van der Waals surface area contributed by atoms with Gasteiger partial charge < -0.3 is 0 Å². The van der Waals surface area contributed by atoms with Crippen molar-refractivity contribution in [3.63, 3.8) is 0 Å². The Kier molecular flexibility index (Phi) is 4.89. The van der Waals surface area contributed by atoms with E-state index in [0.717, 1.165) is 36.8 Å². The van der Waals surface area contributed by atoms with Crippen molar-refractivity contribution < 1.29 is 8.78 Å². The van der Waals surface area contributed by atoms with Crippen LogP contribution in [0.4, 0.5) is 8.78 Å². The zero-order chi connectivity index (χ0) is 18.8. The van der Waals surface area contributed by atoms with Gasteiger partial charge in [-0.1, -0.05) is 55.8 Å². The van der Waals surface area contributed by atoms with Crippen molar-refractivity contribution in [2.75, 3.05) is 0 Å². The van der Waals surface area contributed by atoms with Crippen LogP contribution in [-0.2, 0) is 12.8 Å². The van der Waals surface area contributed by atoms with E-state index in [1.807, 2.05) is 6.07 Å². The van der Waals surface area contributed by atoms with Crippen molar-refractivity contribution in [2.24, 2.45) is 0 Å². The summed E-state index contributed by atoms with van der Waals surface area (Å²) < 4.78 is 27.9. The molecule has 27 heavy (non-hydrogen) atoms. The van der Waals surface area contributed by atoms with Crippen LogP contribution >= 0.6 is 0 Å². The molecule has 0 bridgehead atoms. The van der Waals surface area contributed by atoms with Gasteiger partial charge in [0, 0.05) is 5.56 Å².